The summed E-state index contributed by atoms with van der Waals surface area (Å²) in [4.78, 5) is 8.57. The van der Waals surface area contributed by atoms with Crippen molar-refractivity contribution in [2.45, 2.75) is 17.7 Å². The fraction of sp³-hybridized carbons (Fsp3) is 0.0952. The average molecular weight is 379 g/mol. The van der Waals surface area contributed by atoms with Gasteiger partial charge in [-0.1, -0.05) is 36.4 Å². The zero-order valence-electron chi connectivity index (χ0n) is 14.5. The highest BCUT2D eigenvalue weighted by atomic mass is 32.2. The van der Waals surface area contributed by atoms with Crippen LogP contribution in [0.4, 0.5) is 4.39 Å². The summed E-state index contributed by atoms with van der Waals surface area (Å²) in [6.45, 7) is 0. The molecule has 3 N–H and O–H groups in total. The lowest BCUT2D eigenvalue weighted by Gasteiger charge is -2.06. The molecule has 1 heterocycles. The standard InChI is InChI=1S/C21H18FN3OS/c22-16-9-5-14(6-10-16)7-12-21-24-18-11-8-15(13-19(18)25-21)17-3-1-2-4-20(17)27(23)26/h1-6,8-11,13H,7,12,23H2,(H,24,25). The molecule has 6 heteroatoms. The van der Waals surface area contributed by atoms with Crippen molar-refractivity contribution >= 4 is 22.0 Å². The Labute approximate surface area is 158 Å². The molecule has 0 aliphatic carbocycles. The molecule has 0 saturated heterocycles. The van der Waals surface area contributed by atoms with Crippen LogP contribution in [0, 0.1) is 5.82 Å². The Morgan fingerprint density at radius 1 is 1.00 bits per heavy atom. The van der Waals surface area contributed by atoms with E-state index in [1.165, 1.54) is 12.1 Å². The van der Waals surface area contributed by atoms with Gasteiger partial charge in [-0.25, -0.2) is 18.7 Å². The molecule has 0 radical (unpaired) electrons. The van der Waals surface area contributed by atoms with Crippen molar-refractivity contribution in [1.82, 2.24) is 9.97 Å². The van der Waals surface area contributed by atoms with Gasteiger partial charge in [0, 0.05) is 6.42 Å². The van der Waals surface area contributed by atoms with Crippen LogP contribution in [0.25, 0.3) is 22.2 Å². The molecule has 0 spiro atoms. The fourth-order valence-electron chi connectivity index (χ4n) is 3.14. The third kappa shape index (κ3) is 3.82. The van der Waals surface area contributed by atoms with E-state index in [2.05, 4.69) is 9.97 Å². The van der Waals surface area contributed by atoms with Crippen LogP contribution in [-0.2, 0) is 23.8 Å². The predicted molar refractivity (Wildman–Crippen MR) is 106 cm³/mol. The monoisotopic (exact) mass is 379 g/mol. The molecule has 3 aromatic carbocycles. The second-order valence-electron chi connectivity index (χ2n) is 6.34. The summed E-state index contributed by atoms with van der Waals surface area (Å²) in [5, 5.41) is 5.60. The van der Waals surface area contributed by atoms with E-state index in [9.17, 15) is 8.60 Å². The molecule has 4 nitrogen and oxygen atoms in total. The number of hydrogen-bond acceptors (Lipinski definition) is 2. The van der Waals surface area contributed by atoms with Crippen LogP contribution >= 0.6 is 0 Å². The summed E-state index contributed by atoms with van der Waals surface area (Å²) in [5.74, 6) is 0.649. The van der Waals surface area contributed by atoms with Gasteiger partial charge in [0.1, 0.15) is 22.6 Å². The third-order valence-corrected chi connectivity index (χ3v) is 5.30. The number of aromatic amines is 1. The van der Waals surface area contributed by atoms with E-state index < -0.39 is 11.0 Å². The normalized spacial score (nSPS) is 12.4. The summed E-state index contributed by atoms with van der Waals surface area (Å²) >= 11 is 0. The first-order valence-corrected chi connectivity index (χ1v) is 9.80. The molecule has 1 atom stereocenters. The number of rotatable bonds is 5. The van der Waals surface area contributed by atoms with Crippen LogP contribution < -0.4 is 5.14 Å². The van der Waals surface area contributed by atoms with E-state index >= 15 is 0 Å². The molecule has 1 aromatic heterocycles. The third-order valence-electron chi connectivity index (χ3n) is 4.51. The van der Waals surface area contributed by atoms with Gasteiger partial charge in [0.05, 0.1) is 15.9 Å². The van der Waals surface area contributed by atoms with E-state index in [1.807, 2.05) is 36.4 Å². The predicted octanol–water partition coefficient (Wildman–Crippen LogP) is 4.14. The maximum Gasteiger partial charge on any atom is 0.123 e. The summed E-state index contributed by atoms with van der Waals surface area (Å²) in [5.41, 5.74) is 4.64. The van der Waals surface area contributed by atoms with Gasteiger partial charge in [0.25, 0.3) is 0 Å². The molecule has 27 heavy (non-hydrogen) atoms. The van der Waals surface area contributed by atoms with E-state index in [4.69, 9.17) is 5.14 Å². The zero-order valence-corrected chi connectivity index (χ0v) is 15.3. The topological polar surface area (TPSA) is 71.8 Å². The fourth-order valence-corrected chi connectivity index (χ4v) is 3.76. The molecule has 4 rings (SSSR count). The number of halogens is 1. The number of nitrogens with two attached hydrogens (primary N) is 1. The highest BCUT2D eigenvalue weighted by molar-refractivity contribution is 7.82. The molecule has 1 unspecified atom stereocenters. The summed E-state index contributed by atoms with van der Waals surface area (Å²) in [6, 6.07) is 19.8. The van der Waals surface area contributed by atoms with Crippen LogP contribution in [0.5, 0.6) is 0 Å². The van der Waals surface area contributed by atoms with Gasteiger partial charge in [-0.15, -0.1) is 0 Å². The molecule has 4 aromatic rings. The number of imidazole rings is 1. The lowest BCUT2D eigenvalue weighted by atomic mass is 10.1. The van der Waals surface area contributed by atoms with Gasteiger partial charge in [-0.2, -0.15) is 0 Å². The second kappa shape index (κ2) is 7.42. The summed E-state index contributed by atoms with van der Waals surface area (Å²) < 4.78 is 24.8. The van der Waals surface area contributed by atoms with Crippen molar-refractivity contribution in [3.8, 4) is 11.1 Å². The van der Waals surface area contributed by atoms with Crippen molar-refractivity contribution in [3.05, 3.63) is 83.9 Å². The maximum absolute atomic E-state index is 13.0. The summed E-state index contributed by atoms with van der Waals surface area (Å²) in [6.07, 6.45) is 1.51. The van der Waals surface area contributed by atoms with Gasteiger partial charge in [0.15, 0.2) is 0 Å². The minimum Gasteiger partial charge on any atom is -0.342 e. The smallest absolute Gasteiger partial charge is 0.123 e. The Kier molecular flexibility index (Phi) is 4.83. The Bertz CT molecular complexity index is 1120. The average Bonchev–Trinajstić information content (AvgIpc) is 3.09. The van der Waals surface area contributed by atoms with Crippen LogP contribution in [0.3, 0.4) is 0 Å². The molecule has 0 aliphatic rings. The Morgan fingerprint density at radius 3 is 2.56 bits per heavy atom. The van der Waals surface area contributed by atoms with Gasteiger partial charge in [-0.3, -0.25) is 0 Å². The highest BCUT2D eigenvalue weighted by Gasteiger charge is 2.10. The molecule has 0 amide bonds. The van der Waals surface area contributed by atoms with Crippen LogP contribution in [0.15, 0.2) is 71.6 Å². The number of hydrogen-bond donors (Lipinski definition) is 2. The number of nitrogens with zero attached hydrogens (tertiary/aromatic N) is 1. The molecule has 0 aliphatic heterocycles. The molecular formula is C21H18FN3OS. The van der Waals surface area contributed by atoms with Crippen LogP contribution in [0.1, 0.15) is 11.4 Å². The Hall–Kier alpha value is -2.83. The number of aryl methyl sites for hydroxylation is 2. The maximum atomic E-state index is 13.0. The molecule has 0 bridgehead atoms. The first kappa shape index (κ1) is 17.6. The second-order valence-corrected chi connectivity index (χ2v) is 7.37. The van der Waals surface area contributed by atoms with Crippen molar-refractivity contribution in [2.75, 3.05) is 0 Å². The number of benzene rings is 3. The largest absolute Gasteiger partial charge is 0.342 e. The zero-order chi connectivity index (χ0) is 18.8. The molecule has 0 fully saturated rings. The minimum atomic E-state index is -1.55. The van der Waals surface area contributed by atoms with Crippen molar-refractivity contribution in [1.29, 1.82) is 0 Å². The molecule has 136 valence electrons. The van der Waals surface area contributed by atoms with Crippen LogP contribution in [-0.4, -0.2) is 14.2 Å². The van der Waals surface area contributed by atoms with E-state index in [1.54, 1.807) is 18.2 Å². The van der Waals surface area contributed by atoms with Gasteiger partial charge in [0.2, 0.25) is 0 Å². The Balaban J connectivity index is 1.60. The van der Waals surface area contributed by atoms with Crippen LogP contribution in [0.2, 0.25) is 0 Å². The lowest BCUT2D eigenvalue weighted by molar-refractivity contribution is 0.627. The lowest BCUT2D eigenvalue weighted by Crippen LogP contribution is -2.04. The number of aromatic nitrogens is 2. The molecule has 0 saturated carbocycles. The quantitative estimate of drug-likeness (QED) is 0.547. The summed E-state index contributed by atoms with van der Waals surface area (Å²) in [7, 11) is -1.55. The Morgan fingerprint density at radius 2 is 1.78 bits per heavy atom. The minimum absolute atomic E-state index is 0.228. The van der Waals surface area contributed by atoms with E-state index in [0.29, 0.717) is 4.90 Å². The van der Waals surface area contributed by atoms with Crippen molar-refractivity contribution in [3.63, 3.8) is 0 Å². The number of fused-ring (bicyclic) bond motifs is 1. The number of H-pyrrole nitrogens is 1. The first-order valence-electron chi connectivity index (χ1n) is 8.59. The van der Waals surface area contributed by atoms with E-state index in [-0.39, 0.29) is 5.82 Å². The van der Waals surface area contributed by atoms with E-state index in [0.717, 1.165) is 46.4 Å². The van der Waals surface area contributed by atoms with Crippen molar-refractivity contribution in [2.24, 2.45) is 5.14 Å². The van der Waals surface area contributed by atoms with Gasteiger partial charge < -0.3 is 4.98 Å². The SMILES string of the molecule is NS(=O)c1ccccc1-c1ccc2nc(CCc3ccc(F)cc3)[nH]c2c1. The number of nitrogens with one attached hydrogen (secondary N) is 1. The van der Waals surface area contributed by atoms with Gasteiger partial charge in [-0.05, 0) is 53.4 Å². The first-order chi connectivity index (χ1) is 13.1. The van der Waals surface area contributed by atoms with Crippen molar-refractivity contribution < 1.29 is 8.60 Å². The highest BCUT2D eigenvalue weighted by Crippen LogP contribution is 2.28. The molecular weight excluding hydrogens is 361 g/mol. The van der Waals surface area contributed by atoms with Gasteiger partial charge >= 0.3 is 0 Å².